The zero-order valence-electron chi connectivity index (χ0n) is 19.2. The third-order valence-electron chi connectivity index (χ3n) is 6.53. The second kappa shape index (κ2) is 9.99. The quantitative estimate of drug-likeness (QED) is 0.273. The van der Waals surface area contributed by atoms with Crippen molar-refractivity contribution in [3.05, 3.63) is 39.1 Å². The predicted molar refractivity (Wildman–Crippen MR) is 123 cm³/mol. The van der Waals surface area contributed by atoms with Gasteiger partial charge >= 0.3 is 31.0 Å². The van der Waals surface area contributed by atoms with Crippen LogP contribution in [0, 0.1) is 11.8 Å². The number of alkyl halides is 6. The summed E-state index contributed by atoms with van der Waals surface area (Å²) in [6.45, 7) is 0.274. The number of sulfone groups is 1. The van der Waals surface area contributed by atoms with Gasteiger partial charge in [0.05, 0.1) is 5.69 Å². The van der Waals surface area contributed by atoms with Gasteiger partial charge in [-0.15, -0.1) is 0 Å². The number of halogens is 8. The molecule has 2 aliphatic rings. The Morgan fingerprint density at radius 2 is 1.62 bits per heavy atom. The minimum absolute atomic E-state index is 0.0367. The van der Waals surface area contributed by atoms with Gasteiger partial charge in [0.25, 0.3) is 0 Å². The van der Waals surface area contributed by atoms with Gasteiger partial charge in [0.15, 0.2) is 0 Å². The molecule has 4 rings (SSSR count). The average molecular weight is 644 g/mol. The van der Waals surface area contributed by atoms with Gasteiger partial charge in [0.1, 0.15) is 5.75 Å². The van der Waals surface area contributed by atoms with E-state index < -0.39 is 65.5 Å². The lowest BCUT2D eigenvalue weighted by molar-refractivity contribution is -0.123. The van der Waals surface area contributed by atoms with E-state index in [1.807, 2.05) is 0 Å². The number of aromatic nitrogens is 2. The molecule has 1 amide bonds. The smallest absolute Gasteiger partial charge is 0.376 e. The third kappa shape index (κ3) is 5.54. The van der Waals surface area contributed by atoms with Gasteiger partial charge < -0.3 is 14.5 Å². The summed E-state index contributed by atoms with van der Waals surface area (Å²) in [6.07, 6.45) is 0.481. The number of benzene rings is 1. The molecule has 1 fully saturated rings. The van der Waals surface area contributed by atoms with Crippen LogP contribution in [0.2, 0.25) is 10.0 Å². The number of hydrogen-bond donors (Lipinski definition) is 2. The Labute approximate surface area is 227 Å². The molecule has 39 heavy (non-hydrogen) atoms. The molecule has 3 unspecified atom stereocenters. The first-order valence-corrected chi connectivity index (χ1v) is 14.6. The number of H-pyrrole nitrogens is 1. The van der Waals surface area contributed by atoms with Gasteiger partial charge in [-0.05, 0) is 37.2 Å². The molecule has 1 saturated heterocycles. The summed E-state index contributed by atoms with van der Waals surface area (Å²) in [7, 11) is -11.8. The summed E-state index contributed by atoms with van der Waals surface area (Å²) < 4.78 is 128. The van der Waals surface area contributed by atoms with Crippen LogP contribution in [-0.2, 0) is 37.6 Å². The van der Waals surface area contributed by atoms with Crippen LogP contribution < -0.4 is 9.50 Å². The highest BCUT2D eigenvalue weighted by molar-refractivity contribution is 7.92. The number of hydrogen-bond acceptors (Lipinski definition) is 7. The maximum absolute atomic E-state index is 13.0. The van der Waals surface area contributed by atoms with E-state index in [4.69, 9.17) is 23.2 Å². The zero-order valence-corrected chi connectivity index (χ0v) is 22.3. The molecule has 9 nitrogen and oxygen atoms in total. The molecule has 2 N–H and O–H groups in total. The Bertz CT molecular complexity index is 1500. The molecule has 0 spiro atoms. The Balaban J connectivity index is 1.73. The summed E-state index contributed by atoms with van der Waals surface area (Å²) in [5.74, 6) is -3.39. The zero-order chi connectivity index (χ0) is 29.1. The fraction of sp³-hybridized carbons (Fsp3) is 0.500. The number of aromatic amines is 1. The molecule has 2 heterocycles. The van der Waals surface area contributed by atoms with Crippen LogP contribution in [0.25, 0.3) is 0 Å². The Kier molecular flexibility index (Phi) is 7.62. The molecule has 19 heteroatoms. The van der Waals surface area contributed by atoms with Crippen molar-refractivity contribution in [3.8, 4) is 5.75 Å². The maximum atomic E-state index is 13.0. The number of carbonyl (C=O) groups excluding carboxylic acids is 1. The van der Waals surface area contributed by atoms with Crippen LogP contribution in [0.15, 0.2) is 17.3 Å². The van der Waals surface area contributed by atoms with E-state index in [0.29, 0.717) is 0 Å². The molecule has 2 aromatic rings. The van der Waals surface area contributed by atoms with E-state index in [1.54, 1.807) is 0 Å². The summed E-state index contributed by atoms with van der Waals surface area (Å²) in [4.78, 5) is 18.5. The number of nitrogens with zero attached hydrogens (tertiary/aromatic N) is 1. The third-order valence-corrected chi connectivity index (χ3v) is 9.44. The fourth-order valence-electron chi connectivity index (χ4n) is 4.85. The van der Waals surface area contributed by atoms with Crippen LogP contribution in [0.1, 0.15) is 35.7 Å². The number of nitrogens with one attached hydrogen (secondary N) is 2. The highest BCUT2D eigenvalue weighted by atomic mass is 35.5. The van der Waals surface area contributed by atoms with Crippen LogP contribution >= 0.6 is 23.2 Å². The fourth-order valence-corrected chi connectivity index (χ4v) is 6.72. The summed E-state index contributed by atoms with van der Waals surface area (Å²) >= 11 is 12.7. The standard InChI is InChI=1S/C20H17Cl2F6N3O6S2/c21-11-6-9(37-39(35,36)20(26,27)28)7-12(22)16(11)15(10-3-4-29-17(10)32)8-1-2-13-14(5-8)31-18(30-13)38(33,34)19(23,24)25/h6-8,10,15H,1-5H2,(H,29,32)(H,30,31). The average Bonchev–Trinajstić information content (AvgIpc) is 3.40. The molecule has 0 saturated carbocycles. The lowest BCUT2D eigenvalue weighted by atomic mass is 9.70. The highest BCUT2D eigenvalue weighted by Gasteiger charge is 2.50. The van der Waals surface area contributed by atoms with E-state index in [0.717, 1.165) is 12.1 Å². The molecule has 1 aliphatic carbocycles. The minimum atomic E-state index is -6.04. The van der Waals surface area contributed by atoms with Crippen molar-refractivity contribution in [2.45, 2.75) is 47.8 Å². The first-order chi connectivity index (χ1) is 17.8. The van der Waals surface area contributed by atoms with Gasteiger partial charge in [-0.25, -0.2) is 13.4 Å². The first kappa shape index (κ1) is 29.7. The topological polar surface area (TPSA) is 135 Å². The summed E-state index contributed by atoms with van der Waals surface area (Å²) in [6, 6.07) is 1.59. The molecule has 216 valence electrons. The summed E-state index contributed by atoms with van der Waals surface area (Å²) in [5, 5.41) is 0.754. The number of carbonyl (C=O) groups is 1. The highest BCUT2D eigenvalue weighted by Crippen LogP contribution is 2.48. The van der Waals surface area contributed by atoms with Crippen molar-refractivity contribution in [3.63, 3.8) is 0 Å². The van der Waals surface area contributed by atoms with E-state index >= 15 is 0 Å². The van der Waals surface area contributed by atoms with Crippen molar-refractivity contribution >= 4 is 49.1 Å². The Hall–Kier alpha value is -2.24. The van der Waals surface area contributed by atoms with E-state index in [2.05, 4.69) is 19.5 Å². The monoisotopic (exact) mass is 643 g/mol. The van der Waals surface area contributed by atoms with Gasteiger partial charge in [-0.2, -0.15) is 34.8 Å². The number of imidazole rings is 1. The van der Waals surface area contributed by atoms with Crippen molar-refractivity contribution in [1.82, 2.24) is 15.3 Å². The van der Waals surface area contributed by atoms with Crippen molar-refractivity contribution < 1.29 is 52.2 Å². The SMILES string of the molecule is O=C1NCCC1C(c1c(Cl)cc(OS(=O)(=O)C(F)(F)F)cc1Cl)C1CCc2nc(S(=O)(=O)C(F)(F)F)[nH]c2C1. The molecule has 1 aromatic carbocycles. The maximum Gasteiger partial charge on any atom is 0.534 e. The number of rotatable bonds is 6. The van der Waals surface area contributed by atoms with Gasteiger partial charge in [0, 0.05) is 46.3 Å². The van der Waals surface area contributed by atoms with Crippen molar-refractivity contribution in [1.29, 1.82) is 0 Å². The molecular formula is C20H17Cl2F6N3O6S2. The number of aryl methyl sites for hydroxylation is 1. The summed E-state index contributed by atoms with van der Waals surface area (Å²) in [5.41, 5.74) is -11.0. The molecular weight excluding hydrogens is 627 g/mol. The lowest BCUT2D eigenvalue weighted by Gasteiger charge is -2.34. The van der Waals surface area contributed by atoms with Crippen molar-refractivity contribution in [2.75, 3.05) is 6.54 Å². The van der Waals surface area contributed by atoms with Crippen LogP contribution in [0.3, 0.4) is 0 Å². The van der Waals surface area contributed by atoms with Gasteiger partial charge in [-0.1, -0.05) is 23.2 Å². The van der Waals surface area contributed by atoms with Gasteiger partial charge in [0.2, 0.25) is 11.1 Å². The molecule has 1 aromatic heterocycles. The second-order valence-corrected chi connectivity index (χ2v) is 13.1. The second-order valence-electron chi connectivity index (χ2n) is 8.92. The molecule has 1 aliphatic heterocycles. The Morgan fingerprint density at radius 3 is 2.13 bits per heavy atom. The van der Waals surface area contributed by atoms with E-state index in [-0.39, 0.29) is 59.2 Å². The van der Waals surface area contributed by atoms with E-state index in [9.17, 15) is 48.0 Å². The molecule has 0 radical (unpaired) electrons. The molecule has 0 bridgehead atoms. The minimum Gasteiger partial charge on any atom is -0.376 e. The normalized spacial score (nSPS) is 21.4. The Morgan fingerprint density at radius 1 is 1.00 bits per heavy atom. The van der Waals surface area contributed by atoms with Crippen LogP contribution in [-0.4, -0.2) is 50.3 Å². The van der Waals surface area contributed by atoms with Gasteiger partial charge in [-0.3, -0.25) is 4.79 Å². The van der Waals surface area contributed by atoms with Crippen LogP contribution in [0.5, 0.6) is 5.75 Å². The predicted octanol–water partition coefficient (Wildman–Crippen LogP) is 4.26. The molecule has 3 atom stereocenters. The largest absolute Gasteiger partial charge is 0.534 e. The number of fused-ring (bicyclic) bond motifs is 1. The van der Waals surface area contributed by atoms with Crippen LogP contribution in [0.4, 0.5) is 26.3 Å². The lowest BCUT2D eigenvalue weighted by Crippen LogP contribution is -2.32. The number of amides is 1. The van der Waals surface area contributed by atoms with E-state index in [1.165, 1.54) is 0 Å². The first-order valence-electron chi connectivity index (χ1n) is 11.0. The van der Waals surface area contributed by atoms with Crippen molar-refractivity contribution in [2.24, 2.45) is 11.8 Å².